The van der Waals surface area contributed by atoms with Gasteiger partial charge in [0.25, 0.3) is 0 Å². The first-order valence-corrected chi connectivity index (χ1v) is 8.95. The lowest BCUT2D eigenvalue weighted by Gasteiger charge is -2.33. The normalized spacial score (nSPS) is 34.2. The van der Waals surface area contributed by atoms with E-state index in [2.05, 4.69) is 44.8 Å². The average Bonchev–Trinajstić information content (AvgIpc) is 2.67. The highest BCUT2D eigenvalue weighted by atomic mass is 16.2. The summed E-state index contributed by atoms with van der Waals surface area (Å²) in [5.74, 6) is 2.88. The molecule has 0 radical (unpaired) electrons. The minimum atomic E-state index is 0.0229. The van der Waals surface area contributed by atoms with Gasteiger partial charge in [-0.25, -0.2) is 0 Å². The van der Waals surface area contributed by atoms with E-state index in [1.165, 1.54) is 25.7 Å². The monoisotopic (exact) mass is 294 g/mol. The summed E-state index contributed by atoms with van der Waals surface area (Å²) < 4.78 is 0. The van der Waals surface area contributed by atoms with Crippen molar-refractivity contribution in [2.75, 3.05) is 6.54 Å². The van der Waals surface area contributed by atoms with Crippen LogP contribution >= 0.6 is 0 Å². The van der Waals surface area contributed by atoms with E-state index in [0.29, 0.717) is 23.7 Å². The smallest absolute Gasteiger partial charge is 0.241 e. The van der Waals surface area contributed by atoms with E-state index in [-0.39, 0.29) is 12.2 Å². The van der Waals surface area contributed by atoms with E-state index >= 15 is 0 Å². The molecule has 21 heavy (non-hydrogen) atoms. The van der Waals surface area contributed by atoms with Crippen molar-refractivity contribution in [1.29, 1.82) is 0 Å². The summed E-state index contributed by atoms with van der Waals surface area (Å²) >= 11 is 0. The fourth-order valence-corrected chi connectivity index (χ4v) is 4.04. The van der Waals surface area contributed by atoms with Crippen LogP contribution in [0.3, 0.4) is 0 Å². The largest absolute Gasteiger partial charge is 0.326 e. The third-order valence-corrected chi connectivity index (χ3v) is 5.16. The number of nitrogens with zero attached hydrogens (tertiary/aromatic N) is 1. The van der Waals surface area contributed by atoms with Crippen molar-refractivity contribution < 1.29 is 4.79 Å². The molecule has 0 bridgehead atoms. The summed E-state index contributed by atoms with van der Waals surface area (Å²) in [6, 6.07) is 0.0229. The van der Waals surface area contributed by atoms with Crippen LogP contribution in [0, 0.1) is 23.7 Å². The highest BCUT2D eigenvalue weighted by Crippen LogP contribution is 2.31. The number of rotatable bonds is 5. The van der Waals surface area contributed by atoms with Crippen LogP contribution in [-0.4, -0.2) is 29.6 Å². The first-order valence-electron chi connectivity index (χ1n) is 8.95. The summed E-state index contributed by atoms with van der Waals surface area (Å²) in [6.45, 7) is 12.1. The molecule has 1 aliphatic heterocycles. The van der Waals surface area contributed by atoms with Crippen LogP contribution in [0.25, 0.3) is 0 Å². The fourth-order valence-electron chi connectivity index (χ4n) is 4.04. The molecular formula is C18H34N2O. The van der Waals surface area contributed by atoms with Crippen molar-refractivity contribution in [3.05, 3.63) is 0 Å². The summed E-state index contributed by atoms with van der Waals surface area (Å²) in [7, 11) is 0. The molecule has 0 spiro atoms. The Morgan fingerprint density at radius 1 is 1.24 bits per heavy atom. The zero-order valence-corrected chi connectivity index (χ0v) is 14.6. The van der Waals surface area contributed by atoms with Gasteiger partial charge in [0.05, 0.1) is 12.2 Å². The van der Waals surface area contributed by atoms with Crippen molar-refractivity contribution in [3.8, 4) is 0 Å². The number of carbonyl (C=O) groups is 1. The molecule has 1 aliphatic carbocycles. The summed E-state index contributed by atoms with van der Waals surface area (Å²) in [6.07, 6.45) is 6.62. The third kappa shape index (κ3) is 4.21. The number of nitrogens with one attached hydrogen (secondary N) is 1. The van der Waals surface area contributed by atoms with Crippen LogP contribution in [0.15, 0.2) is 0 Å². The van der Waals surface area contributed by atoms with Gasteiger partial charge in [0.1, 0.15) is 0 Å². The maximum Gasteiger partial charge on any atom is 0.241 e. The lowest BCUT2D eigenvalue weighted by Crippen LogP contribution is -2.42. The minimum absolute atomic E-state index is 0.0229. The first kappa shape index (κ1) is 16.8. The Morgan fingerprint density at radius 3 is 2.52 bits per heavy atom. The molecule has 1 N–H and O–H groups in total. The van der Waals surface area contributed by atoms with Crippen molar-refractivity contribution in [2.24, 2.45) is 23.7 Å². The maximum absolute atomic E-state index is 12.8. The number of amides is 1. The van der Waals surface area contributed by atoms with Gasteiger partial charge < -0.3 is 4.90 Å². The Hall–Kier alpha value is -0.570. The van der Waals surface area contributed by atoms with Gasteiger partial charge >= 0.3 is 0 Å². The van der Waals surface area contributed by atoms with Crippen LogP contribution < -0.4 is 5.32 Å². The van der Waals surface area contributed by atoms with E-state index in [1.54, 1.807) is 0 Å². The molecule has 0 aromatic carbocycles. The molecule has 4 atom stereocenters. The van der Waals surface area contributed by atoms with Crippen LogP contribution in [-0.2, 0) is 4.79 Å². The highest BCUT2D eigenvalue weighted by Gasteiger charge is 2.41. The fraction of sp³-hybridized carbons (Fsp3) is 0.944. The Bertz CT molecular complexity index is 353. The number of hydrogen-bond donors (Lipinski definition) is 1. The maximum atomic E-state index is 12.8. The van der Waals surface area contributed by atoms with Gasteiger partial charge in [0.15, 0.2) is 0 Å². The van der Waals surface area contributed by atoms with Crippen LogP contribution in [0.2, 0.25) is 0 Å². The number of hydrogen-bond acceptors (Lipinski definition) is 2. The molecule has 2 aliphatic rings. The van der Waals surface area contributed by atoms with Gasteiger partial charge in [-0.1, -0.05) is 47.5 Å². The Balaban J connectivity index is 2.03. The van der Waals surface area contributed by atoms with Crippen LogP contribution in [0.1, 0.15) is 66.7 Å². The molecule has 1 saturated carbocycles. The quantitative estimate of drug-likeness (QED) is 0.839. The molecule has 0 aromatic rings. The van der Waals surface area contributed by atoms with E-state index in [0.717, 1.165) is 18.9 Å². The molecular weight excluding hydrogens is 260 g/mol. The van der Waals surface area contributed by atoms with Crippen molar-refractivity contribution in [1.82, 2.24) is 10.2 Å². The van der Waals surface area contributed by atoms with Gasteiger partial charge in [0, 0.05) is 6.54 Å². The first-order chi connectivity index (χ1) is 9.88. The second-order valence-corrected chi connectivity index (χ2v) is 8.16. The average molecular weight is 294 g/mol. The van der Waals surface area contributed by atoms with Gasteiger partial charge in [-0.3, -0.25) is 10.1 Å². The van der Waals surface area contributed by atoms with Crippen molar-refractivity contribution >= 4 is 5.91 Å². The topological polar surface area (TPSA) is 32.3 Å². The standard InChI is InChI=1S/C18H34N2O/c1-12(2)9-16-19-17(13(3)4)18(21)20(16)11-15-8-6-7-14(5)10-15/h12-17,19H,6-11H2,1-5H3. The molecule has 3 heteroatoms. The van der Waals surface area contributed by atoms with E-state index in [9.17, 15) is 4.79 Å². The Kier molecular flexibility index (Phi) is 5.70. The zero-order chi connectivity index (χ0) is 15.6. The second kappa shape index (κ2) is 7.13. The molecule has 1 heterocycles. The number of carbonyl (C=O) groups excluding carboxylic acids is 1. The summed E-state index contributed by atoms with van der Waals surface area (Å²) in [4.78, 5) is 14.9. The van der Waals surface area contributed by atoms with Crippen LogP contribution in [0.5, 0.6) is 0 Å². The lowest BCUT2D eigenvalue weighted by molar-refractivity contribution is -0.131. The minimum Gasteiger partial charge on any atom is -0.326 e. The molecule has 1 amide bonds. The summed E-state index contributed by atoms with van der Waals surface area (Å²) in [5, 5.41) is 3.60. The van der Waals surface area contributed by atoms with Crippen molar-refractivity contribution in [2.45, 2.75) is 78.9 Å². The van der Waals surface area contributed by atoms with E-state index < -0.39 is 0 Å². The van der Waals surface area contributed by atoms with E-state index in [4.69, 9.17) is 0 Å². The van der Waals surface area contributed by atoms with Gasteiger partial charge in [-0.15, -0.1) is 0 Å². The van der Waals surface area contributed by atoms with Crippen molar-refractivity contribution in [3.63, 3.8) is 0 Å². The molecule has 4 unspecified atom stereocenters. The summed E-state index contributed by atoms with van der Waals surface area (Å²) in [5.41, 5.74) is 0. The van der Waals surface area contributed by atoms with E-state index in [1.807, 2.05) is 0 Å². The van der Waals surface area contributed by atoms with Crippen LogP contribution in [0.4, 0.5) is 0 Å². The molecule has 1 saturated heterocycles. The highest BCUT2D eigenvalue weighted by molar-refractivity contribution is 5.84. The van der Waals surface area contributed by atoms with Gasteiger partial charge in [0.2, 0.25) is 5.91 Å². The molecule has 122 valence electrons. The molecule has 0 aromatic heterocycles. The molecule has 2 rings (SSSR count). The van der Waals surface area contributed by atoms with Gasteiger partial charge in [-0.05, 0) is 42.9 Å². The Labute approximate surface area is 130 Å². The van der Waals surface area contributed by atoms with Gasteiger partial charge in [-0.2, -0.15) is 0 Å². The second-order valence-electron chi connectivity index (χ2n) is 8.16. The third-order valence-electron chi connectivity index (χ3n) is 5.16. The SMILES string of the molecule is CC(C)CC1NC(C(C)C)C(=O)N1CC1CCCC(C)C1. The Morgan fingerprint density at radius 2 is 1.95 bits per heavy atom. The molecule has 3 nitrogen and oxygen atoms in total. The predicted molar refractivity (Wildman–Crippen MR) is 87.8 cm³/mol. The zero-order valence-electron chi connectivity index (χ0n) is 14.6. The predicted octanol–water partition coefficient (Wildman–Crippen LogP) is 3.64. The lowest BCUT2D eigenvalue weighted by atomic mass is 9.82. The molecule has 2 fully saturated rings.